The largest absolute Gasteiger partial charge is 0.491 e. The summed E-state index contributed by atoms with van der Waals surface area (Å²) in [7, 11) is 0. The quantitative estimate of drug-likeness (QED) is 0.150. The minimum Gasteiger partial charge on any atom is -0.491 e. The van der Waals surface area contributed by atoms with Crippen molar-refractivity contribution in [3.05, 3.63) is 192 Å². The van der Waals surface area contributed by atoms with Crippen LogP contribution in [-0.4, -0.2) is 36.6 Å². The number of aliphatic hydroxyl groups is 2. The van der Waals surface area contributed by atoms with E-state index in [1.165, 1.54) is 54.9 Å². The van der Waals surface area contributed by atoms with Gasteiger partial charge >= 0.3 is 0 Å². The van der Waals surface area contributed by atoms with Crippen LogP contribution in [0, 0.1) is 0 Å². The van der Waals surface area contributed by atoms with Gasteiger partial charge in [0.2, 0.25) is 0 Å². The molecule has 0 atom stereocenters. The summed E-state index contributed by atoms with van der Waals surface area (Å²) in [4.78, 5) is 0. The van der Waals surface area contributed by atoms with E-state index in [4.69, 9.17) is 9.47 Å². The van der Waals surface area contributed by atoms with Gasteiger partial charge in [0.25, 0.3) is 0 Å². The smallest absolute Gasteiger partial charge is 0.119 e. The lowest BCUT2D eigenvalue weighted by Crippen LogP contribution is -2.28. The predicted molar refractivity (Wildman–Crippen MR) is 215 cm³/mol. The van der Waals surface area contributed by atoms with Gasteiger partial charge in [-0.1, -0.05) is 133 Å². The van der Waals surface area contributed by atoms with E-state index in [0.717, 1.165) is 22.3 Å². The Bertz CT molecular complexity index is 2390. The van der Waals surface area contributed by atoms with Gasteiger partial charge in [0.15, 0.2) is 0 Å². The molecule has 4 nitrogen and oxygen atoms in total. The first-order valence-corrected chi connectivity index (χ1v) is 18.1. The first kappa shape index (κ1) is 32.7. The summed E-state index contributed by atoms with van der Waals surface area (Å²) >= 11 is 0. The Balaban J connectivity index is 1.34. The Labute approximate surface area is 309 Å². The lowest BCUT2D eigenvalue weighted by Gasteiger charge is -2.34. The SMILES string of the molecule is OCCOc1ccc(C2(c3ccc(OCCO)cc3)c3cc(-c4cccc5ccccc45)ccc3-c3ccc(-c4cccc5ccccc45)cc32)cc1. The maximum Gasteiger partial charge on any atom is 0.119 e. The molecular weight excluding hydrogens is 653 g/mol. The zero-order valence-electron chi connectivity index (χ0n) is 29.2. The minimum absolute atomic E-state index is 0.0506. The van der Waals surface area contributed by atoms with E-state index in [1.807, 2.05) is 24.3 Å². The molecule has 0 saturated heterocycles. The van der Waals surface area contributed by atoms with Gasteiger partial charge in [-0.25, -0.2) is 0 Å². The molecule has 258 valence electrons. The molecule has 0 unspecified atom stereocenters. The zero-order valence-corrected chi connectivity index (χ0v) is 29.2. The van der Waals surface area contributed by atoms with Crippen LogP contribution in [0.15, 0.2) is 170 Å². The average Bonchev–Trinajstić information content (AvgIpc) is 3.51. The minimum atomic E-state index is -0.711. The topological polar surface area (TPSA) is 58.9 Å². The molecule has 0 aromatic heterocycles. The summed E-state index contributed by atoms with van der Waals surface area (Å²) in [5, 5.41) is 23.8. The third kappa shape index (κ3) is 5.55. The van der Waals surface area contributed by atoms with E-state index in [9.17, 15) is 10.2 Å². The molecular formula is C49H38O4. The average molecular weight is 691 g/mol. The summed E-state index contributed by atoms with van der Waals surface area (Å²) in [5.74, 6) is 1.41. The van der Waals surface area contributed by atoms with Crippen molar-refractivity contribution in [1.82, 2.24) is 0 Å². The molecule has 2 N–H and O–H groups in total. The predicted octanol–water partition coefficient (Wildman–Crippen LogP) is 10.4. The van der Waals surface area contributed by atoms with Gasteiger partial charge in [0.05, 0.1) is 18.6 Å². The highest BCUT2D eigenvalue weighted by Crippen LogP contribution is 2.58. The van der Waals surface area contributed by atoms with Gasteiger partial charge in [-0.15, -0.1) is 0 Å². The molecule has 0 fully saturated rings. The second kappa shape index (κ2) is 13.7. The fourth-order valence-corrected chi connectivity index (χ4v) is 8.33. The molecule has 9 rings (SSSR count). The number of hydrogen-bond donors (Lipinski definition) is 2. The van der Waals surface area contributed by atoms with Crippen LogP contribution >= 0.6 is 0 Å². The summed E-state index contributed by atoms with van der Waals surface area (Å²) in [6.45, 7) is 0.360. The van der Waals surface area contributed by atoms with Gasteiger partial charge in [0, 0.05) is 0 Å². The Morgan fingerprint density at radius 3 is 1.25 bits per heavy atom. The molecule has 1 aliphatic carbocycles. The molecule has 0 spiro atoms. The fourth-order valence-electron chi connectivity index (χ4n) is 8.33. The number of rotatable bonds is 10. The van der Waals surface area contributed by atoms with E-state index >= 15 is 0 Å². The van der Waals surface area contributed by atoms with Crippen molar-refractivity contribution in [3.8, 4) is 44.9 Å². The zero-order chi connectivity index (χ0) is 35.8. The van der Waals surface area contributed by atoms with E-state index in [1.54, 1.807) is 0 Å². The molecule has 53 heavy (non-hydrogen) atoms. The van der Waals surface area contributed by atoms with E-state index in [2.05, 4.69) is 146 Å². The maximum absolute atomic E-state index is 9.46. The second-order valence-corrected chi connectivity index (χ2v) is 13.5. The third-order valence-electron chi connectivity index (χ3n) is 10.6. The number of aliphatic hydroxyl groups excluding tert-OH is 2. The van der Waals surface area contributed by atoms with E-state index in [0.29, 0.717) is 11.5 Å². The number of hydrogen-bond acceptors (Lipinski definition) is 4. The molecule has 4 heteroatoms. The Kier molecular flexibility index (Phi) is 8.47. The first-order valence-electron chi connectivity index (χ1n) is 18.1. The molecule has 0 saturated carbocycles. The maximum atomic E-state index is 9.46. The van der Waals surface area contributed by atoms with Crippen LogP contribution in [0.4, 0.5) is 0 Å². The van der Waals surface area contributed by atoms with Crippen molar-refractivity contribution >= 4 is 21.5 Å². The highest BCUT2D eigenvalue weighted by molar-refractivity contribution is 6.00. The van der Waals surface area contributed by atoms with Crippen LogP contribution in [0.1, 0.15) is 22.3 Å². The molecule has 8 aromatic carbocycles. The normalized spacial score (nSPS) is 12.8. The van der Waals surface area contributed by atoms with Gasteiger partial charge in [-0.05, 0) is 114 Å². The lowest BCUT2D eigenvalue weighted by molar-refractivity contribution is 0.201. The van der Waals surface area contributed by atoms with Gasteiger partial charge in [0.1, 0.15) is 24.7 Å². The van der Waals surface area contributed by atoms with Crippen molar-refractivity contribution in [2.24, 2.45) is 0 Å². The molecule has 0 bridgehead atoms. The standard InChI is InChI=1S/C49H38O4/c50-27-29-52-39-21-17-37(18-22-39)49(38-19-23-40(24-20-38)53-30-28-51)47-31-35(43-13-5-9-33-7-1-3-11-41(33)43)15-25-45(47)46-26-16-36(32-48(46)49)44-14-6-10-34-8-2-4-12-42(34)44/h1-26,31-32,50-51H,27-30H2. The number of ether oxygens (including phenoxy) is 2. The molecule has 1 aliphatic rings. The molecule has 0 radical (unpaired) electrons. The van der Waals surface area contributed by atoms with Crippen molar-refractivity contribution in [2.45, 2.75) is 5.41 Å². The van der Waals surface area contributed by atoms with Crippen LogP contribution in [0.2, 0.25) is 0 Å². The lowest BCUT2D eigenvalue weighted by atomic mass is 9.67. The Morgan fingerprint density at radius 1 is 0.396 bits per heavy atom. The summed E-state index contributed by atoms with van der Waals surface area (Å²) < 4.78 is 11.7. The first-order chi connectivity index (χ1) is 26.2. The van der Waals surface area contributed by atoms with Crippen LogP contribution in [0.25, 0.3) is 54.9 Å². The van der Waals surface area contributed by atoms with E-state index < -0.39 is 5.41 Å². The molecule has 0 aliphatic heterocycles. The van der Waals surface area contributed by atoms with Crippen molar-refractivity contribution in [1.29, 1.82) is 0 Å². The van der Waals surface area contributed by atoms with Gasteiger partial charge in [-0.3, -0.25) is 0 Å². The van der Waals surface area contributed by atoms with Crippen LogP contribution < -0.4 is 9.47 Å². The summed E-state index contributed by atoms with van der Waals surface area (Å²) in [6.07, 6.45) is 0. The van der Waals surface area contributed by atoms with Crippen molar-refractivity contribution < 1.29 is 19.7 Å². The fraction of sp³-hybridized carbons (Fsp3) is 0.102. The molecule has 0 amide bonds. The second-order valence-electron chi connectivity index (χ2n) is 13.5. The highest BCUT2D eigenvalue weighted by atomic mass is 16.5. The van der Waals surface area contributed by atoms with Gasteiger partial charge in [-0.2, -0.15) is 0 Å². The van der Waals surface area contributed by atoms with Crippen molar-refractivity contribution in [3.63, 3.8) is 0 Å². The monoisotopic (exact) mass is 690 g/mol. The molecule has 8 aromatic rings. The van der Waals surface area contributed by atoms with Crippen molar-refractivity contribution in [2.75, 3.05) is 26.4 Å². The third-order valence-corrected chi connectivity index (χ3v) is 10.6. The summed E-state index contributed by atoms with van der Waals surface area (Å²) in [6, 6.07) is 60.7. The highest BCUT2D eigenvalue weighted by Gasteiger charge is 2.46. The summed E-state index contributed by atoms with van der Waals surface area (Å²) in [5.41, 5.74) is 10.9. The van der Waals surface area contributed by atoms with Gasteiger partial charge < -0.3 is 19.7 Å². The van der Waals surface area contributed by atoms with E-state index in [-0.39, 0.29) is 26.4 Å². The number of benzene rings is 8. The Hall–Kier alpha value is -6.20. The van der Waals surface area contributed by atoms with Crippen LogP contribution in [0.5, 0.6) is 11.5 Å². The van der Waals surface area contributed by atoms with Crippen LogP contribution in [0.3, 0.4) is 0 Å². The van der Waals surface area contributed by atoms with Crippen LogP contribution in [-0.2, 0) is 5.41 Å². The Morgan fingerprint density at radius 2 is 0.811 bits per heavy atom. The molecule has 0 heterocycles. The number of fused-ring (bicyclic) bond motifs is 5.